The highest BCUT2D eigenvalue weighted by atomic mass is 16.6. The highest BCUT2D eigenvalue weighted by Crippen LogP contribution is 2.68. The van der Waals surface area contributed by atoms with E-state index in [1.165, 1.54) is 14.7 Å². The standard InChI is InChI=1S/C67H111N9O27/c1-42(10-15-54(78)79)46-13-14-47-45-12-11-43-28-44(16-17-66(43,2)48(45)29-53(77)67(46,47)3)103-65(100)76-30-51(101-40-68-18-6-4-8-49(63(96)97)74(24-20-70(32-55(80)81)33-56(82)83)25-21-71(34-57(84)85)35-58(86)87)52(31-76)102-41-69-19-7-5-9-50(64(98)99)75(26-22-72(36-59(88)89)37-60(90)91)27-23-73(38-61(92)93)39-62(94)95/h42-53,68-69,77H,4-41H2,1-3H3,(H,78,79)(H,80,81)(H,82,83)(H,84,85)(H,86,87)(H,88,89)(H,90,91)(H,92,93)(H,94,95)(H,96,97)(H,98,99)/p-11/t42?,43-,44-,45?,46-,47?,48?,49+,50+,51?,52?,53?,66+,67-/m1/s1. The van der Waals surface area contributed by atoms with E-state index in [4.69, 9.17) is 14.2 Å². The summed E-state index contributed by atoms with van der Waals surface area (Å²) < 4.78 is 18.8. The molecule has 586 valence electrons. The molecule has 5 aliphatic rings. The molecule has 0 aromatic rings. The Morgan fingerprint density at radius 2 is 0.883 bits per heavy atom. The van der Waals surface area contributed by atoms with Crippen molar-refractivity contribution in [3.8, 4) is 0 Å². The van der Waals surface area contributed by atoms with Crippen LogP contribution >= 0.6 is 0 Å². The summed E-state index contributed by atoms with van der Waals surface area (Å²) in [5.41, 5.74) is -0.451. The molecule has 1 saturated heterocycles. The van der Waals surface area contributed by atoms with E-state index in [0.717, 1.165) is 51.7 Å². The van der Waals surface area contributed by atoms with Gasteiger partial charge in [-0.2, -0.15) is 0 Å². The molecule has 5 fully saturated rings. The summed E-state index contributed by atoms with van der Waals surface area (Å²) in [5, 5.41) is 146. The van der Waals surface area contributed by atoms with Gasteiger partial charge >= 0.3 is 6.09 Å². The maximum atomic E-state index is 14.3. The molecular formula is C67H100N9O27-11. The molecular weight excluding hydrogens is 1360 g/mol. The van der Waals surface area contributed by atoms with Gasteiger partial charge < -0.3 is 133 Å². The van der Waals surface area contributed by atoms with E-state index in [9.17, 15) is 119 Å². The smallest absolute Gasteiger partial charge is 0.410 e. The first-order chi connectivity index (χ1) is 48.6. The van der Waals surface area contributed by atoms with Crippen LogP contribution in [0.2, 0.25) is 0 Å². The number of aliphatic carboxylic acids is 11. The minimum Gasteiger partial charge on any atom is -0.550 e. The van der Waals surface area contributed by atoms with Gasteiger partial charge in [-0.3, -0.25) is 40.0 Å². The van der Waals surface area contributed by atoms with Gasteiger partial charge in [0.25, 0.3) is 0 Å². The third-order valence-electron chi connectivity index (χ3n) is 22.0. The number of amides is 1. The van der Waals surface area contributed by atoms with Crippen LogP contribution in [-0.2, 0) is 67.0 Å². The van der Waals surface area contributed by atoms with Crippen molar-refractivity contribution in [1.82, 2.24) is 44.9 Å². The third-order valence-corrected chi connectivity index (χ3v) is 22.0. The van der Waals surface area contributed by atoms with Gasteiger partial charge in [0.15, 0.2) is 0 Å². The van der Waals surface area contributed by atoms with Crippen LogP contribution in [0.5, 0.6) is 0 Å². The molecule has 4 aliphatic carbocycles. The summed E-state index contributed by atoms with van der Waals surface area (Å²) in [6.07, 6.45) is 4.70. The minimum absolute atomic E-state index is 0.0226. The number of nitrogens with one attached hydrogen (secondary N) is 2. The van der Waals surface area contributed by atoms with Crippen molar-refractivity contribution in [2.24, 2.45) is 46.3 Å². The summed E-state index contributed by atoms with van der Waals surface area (Å²) >= 11 is 0. The lowest BCUT2D eigenvalue weighted by Crippen LogP contribution is -2.59. The number of ether oxygens (including phenoxy) is 3. The molecule has 1 amide bonds. The van der Waals surface area contributed by atoms with Crippen molar-refractivity contribution in [2.45, 2.75) is 160 Å². The van der Waals surface area contributed by atoms with E-state index < -0.39 is 161 Å². The molecule has 1 aliphatic heterocycles. The van der Waals surface area contributed by atoms with Crippen molar-refractivity contribution >= 4 is 71.8 Å². The van der Waals surface area contributed by atoms with Crippen LogP contribution in [0.4, 0.5) is 4.79 Å². The maximum absolute atomic E-state index is 14.3. The zero-order valence-electron chi connectivity index (χ0n) is 59.0. The topological polar surface area (TPSA) is 553 Å². The van der Waals surface area contributed by atoms with Gasteiger partial charge in [0.05, 0.1) is 92.3 Å². The largest absolute Gasteiger partial charge is 0.550 e. The summed E-state index contributed by atoms with van der Waals surface area (Å²) in [4.78, 5) is 150. The number of hydrogen-bond donors (Lipinski definition) is 3. The van der Waals surface area contributed by atoms with Gasteiger partial charge in [0.2, 0.25) is 0 Å². The van der Waals surface area contributed by atoms with Crippen LogP contribution in [0.25, 0.3) is 0 Å². The second-order valence-corrected chi connectivity index (χ2v) is 28.8. The first-order valence-electron chi connectivity index (χ1n) is 35.5. The van der Waals surface area contributed by atoms with Crippen LogP contribution < -0.4 is 66.8 Å². The molecule has 103 heavy (non-hydrogen) atoms. The third kappa shape index (κ3) is 27.8. The molecule has 7 unspecified atom stereocenters. The maximum Gasteiger partial charge on any atom is 0.410 e. The first kappa shape index (κ1) is 86.6. The van der Waals surface area contributed by atoms with Gasteiger partial charge in [-0.1, -0.05) is 33.6 Å². The molecule has 36 nitrogen and oxygen atoms in total. The fourth-order valence-corrected chi connectivity index (χ4v) is 17.0. The highest BCUT2D eigenvalue weighted by molar-refractivity contribution is 5.74. The normalized spacial score (nSPS) is 25.5. The van der Waals surface area contributed by atoms with E-state index >= 15 is 0 Å². The van der Waals surface area contributed by atoms with E-state index in [-0.39, 0.29) is 159 Å². The number of rotatable bonds is 53. The molecule has 36 heteroatoms. The number of carboxylic acids is 11. The Morgan fingerprint density at radius 3 is 1.25 bits per heavy atom. The molecule has 0 aromatic carbocycles. The number of fused-ring (bicyclic) bond motifs is 5. The monoisotopic (exact) mass is 1460 g/mol. The molecule has 0 radical (unpaired) electrons. The average molecular weight is 1460 g/mol. The Bertz CT molecular complexity index is 2580. The summed E-state index contributed by atoms with van der Waals surface area (Å²) in [5.74, 6) is -15.9. The predicted molar refractivity (Wildman–Crippen MR) is 332 cm³/mol. The number of aliphatic hydroxyl groups excluding tert-OH is 1. The zero-order valence-corrected chi connectivity index (χ0v) is 59.0. The van der Waals surface area contributed by atoms with E-state index in [0.29, 0.717) is 50.4 Å². The zero-order chi connectivity index (χ0) is 76.3. The van der Waals surface area contributed by atoms with Crippen LogP contribution in [0.15, 0.2) is 0 Å². The summed E-state index contributed by atoms with van der Waals surface area (Å²) in [7, 11) is 0. The van der Waals surface area contributed by atoms with Gasteiger partial charge in [-0.05, 0) is 149 Å². The Hall–Kier alpha value is -7.00. The minimum atomic E-state index is -1.64. The lowest BCUT2D eigenvalue weighted by atomic mass is 9.43. The lowest BCUT2D eigenvalue weighted by Gasteiger charge is -2.62. The van der Waals surface area contributed by atoms with Crippen molar-refractivity contribution in [3.05, 3.63) is 0 Å². The van der Waals surface area contributed by atoms with Crippen LogP contribution in [0.3, 0.4) is 0 Å². The molecule has 5 rings (SSSR count). The highest BCUT2D eigenvalue weighted by Gasteiger charge is 2.64. The second-order valence-electron chi connectivity index (χ2n) is 28.8. The van der Waals surface area contributed by atoms with Crippen molar-refractivity contribution in [3.63, 3.8) is 0 Å². The fraction of sp³-hybridized carbons (Fsp3) is 0.821. The van der Waals surface area contributed by atoms with Crippen LogP contribution in [0, 0.1) is 46.3 Å². The quantitative estimate of drug-likeness (QED) is 0.0376. The number of carboxylic acid groups (broad SMARTS) is 11. The van der Waals surface area contributed by atoms with E-state index in [1.54, 1.807) is 0 Å². The molecule has 14 atom stereocenters. The Morgan fingerprint density at radius 1 is 0.485 bits per heavy atom. The van der Waals surface area contributed by atoms with Gasteiger partial charge in [0.1, 0.15) is 18.3 Å². The van der Waals surface area contributed by atoms with E-state index in [1.807, 2.05) is 0 Å². The van der Waals surface area contributed by atoms with Gasteiger partial charge in [-0.25, -0.2) is 4.79 Å². The molecule has 0 spiro atoms. The number of nitrogens with zero attached hydrogens (tertiary/aromatic N) is 7. The molecule has 0 aromatic heterocycles. The van der Waals surface area contributed by atoms with E-state index in [2.05, 4.69) is 31.4 Å². The molecule has 3 N–H and O–H groups in total. The number of unbranched alkanes of at least 4 members (excludes halogenated alkanes) is 2. The van der Waals surface area contributed by atoms with Crippen LogP contribution in [-0.4, -0.2) is 292 Å². The van der Waals surface area contributed by atoms with Crippen LogP contribution in [0.1, 0.15) is 124 Å². The summed E-state index contributed by atoms with van der Waals surface area (Å²) in [6, 6.07) is -2.84. The van der Waals surface area contributed by atoms with Crippen molar-refractivity contribution in [2.75, 3.05) is 144 Å². The Kier molecular flexibility index (Phi) is 35.5. The first-order valence-corrected chi connectivity index (χ1v) is 35.5. The second kappa shape index (κ2) is 42.2. The number of carbonyl (C=O) groups excluding carboxylic acids is 12. The van der Waals surface area contributed by atoms with Crippen molar-refractivity contribution in [1.29, 1.82) is 0 Å². The average Bonchev–Trinajstić information content (AvgIpc) is 1.66. The number of carbonyl (C=O) groups is 12. The Labute approximate surface area is 598 Å². The van der Waals surface area contributed by atoms with Crippen molar-refractivity contribution < 1.29 is 133 Å². The predicted octanol–water partition coefficient (Wildman–Crippen LogP) is -14.1. The number of hydrogen-bond acceptors (Lipinski definition) is 35. The van der Waals surface area contributed by atoms with Gasteiger partial charge in [0, 0.05) is 123 Å². The lowest BCUT2D eigenvalue weighted by molar-refractivity contribution is -0.314. The summed E-state index contributed by atoms with van der Waals surface area (Å²) in [6.45, 7) is -2.58. The SMILES string of the molecule is CC(CCC(=O)[O-])[C@H]1CCC2C3CC[C@@H]4C[C@H](OC(=O)N5CC(OCNCCCC[C@@H](C(=O)[O-])N(CCN(CC(=O)[O-])CC(=O)[O-])CCN(CC(=O)[O-])CC(=O)[O-])C(OCNCCCC[C@@H](C(=O)[O-])N(CCN(CC(=O)[O-])CC(=O)[O-])CCN(CC(=O)[O-])CC(=O)[O-])C5)CC[C@]4(C)C3CC(O)[C@@]21C. The Balaban J connectivity index is 1.23. The molecule has 1 heterocycles. The molecule has 4 saturated carbocycles. The number of likely N-dealkylation sites (tertiary alicyclic amines) is 1. The van der Waals surface area contributed by atoms with Gasteiger partial charge in [-0.15, -0.1) is 0 Å². The fourth-order valence-electron chi connectivity index (χ4n) is 17.0. The molecule has 0 bridgehead atoms. The number of aliphatic hydroxyl groups is 1.